The molecule has 0 rings (SSSR count). The van der Waals surface area contributed by atoms with E-state index in [1.54, 1.807) is 6.26 Å². The smallest absolute Gasteiger partial charge is 0.183 e. The van der Waals surface area contributed by atoms with Crippen molar-refractivity contribution in [3.8, 4) is 0 Å². The number of carbonyl (C=O) groups is 1. The maximum atomic E-state index is 12.0. The summed E-state index contributed by atoms with van der Waals surface area (Å²) in [6.45, 7) is 4.27. The number of hydrogen-bond donors (Lipinski definition) is 1. The number of unbranched alkanes of at least 4 members (excludes halogenated alkanes) is 28. The lowest BCUT2D eigenvalue weighted by atomic mass is 10.0. The third-order valence-electron chi connectivity index (χ3n) is 8.81. The molecule has 0 heterocycles. The standard InChI is InChI=1S/C35H72O2S/c1-4-5-6-7-8-9-10-11-12-13-14-15-16-17-18-19-20-21-22-23-24-25-26-27-28-29-30-31-32-33-35(2)38(3,37)34-36/h34-35,38H,4-33H2,1-3H3. The summed E-state index contributed by atoms with van der Waals surface area (Å²) >= 11 is 0. The van der Waals surface area contributed by atoms with Gasteiger partial charge in [-0.2, -0.15) is 0 Å². The molecule has 0 aliphatic heterocycles. The molecule has 0 amide bonds. The summed E-state index contributed by atoms with van der Waals surface area (Å²) in [5.41, 5.74) is 0.694. The molecule has 0 aromatic rings. The van der Waals surface area contributed by atoms with E-state index in [0.29, 0.717) is 5.62 Å². The van der Waals surface area contributed by atoms with Gasteiger partial charge in [0.15, 0.2) is 5.62 Å². The fourth-order valence-corrected chi connectivity index (χ4v) is 6.55. The van der Waals surface area contributed by atoms with Crippen molar-refractivity contribution in [3.05, 3.63) is 0 Å². The zero-order chi connectivity index (χ0) is 28.0. The van der Waals surface area contributed by atoms with E-state index in [1.807, 2.05) is 6.92 Å². The summed E-state index contributed by atoms with van der Waals surface area (Å²) in [6, 6.07) is 0. The summed E-state index contributed by atoms with van der Waals surface area (Å²) in [6.07, 6.45) is 43.8. The van der Waals surface area contributed by atoms with Crippen LogP contribution in [0.3, 0.4) is 0 Å². The van der Waals surface area contributed by atoms with Crippen LogP contribution in [0.1, 0.15) is 206 Å². The van der Waals surface area contributed by atoms with Crippen LogP contribution < -0.4 is 0 Å². The predicted octanol–water partition coefficient (Wildman–Crippen LogP) is 11.9. The van der Waals surface area contributed by atoms with Gasteiger partial charge in [0, 0.05) is 5.25 Å². The Bertz CT molecular complexity index is 518. The average Bonchev–Trinajstić information content (AvgIpc) is 2.92. The van der Waals surface area contributed by atoms with Crippen molar-refractivity contribution in [2.75, 3.05) is 6.26 Å². The van der Waals surface area contributed by atoms with Crippen LogP contribution in [0.4, 0.5) is 0 Å². The minimum atomic E-state index is -2.55. The molecule has 0 aliphatic carbocycles. The van der Waals surface area contributed by atoms with Crippen LogP contribution in [0, 0.1) is 0 Å². The lowest BCUT2D eigenvalue weighted by Gasteiger charge is -2.19. The zero-order valence-corrected chi connectivity index (χ0v) is 27.5. The van der Waals surface area contributed by atoms with Crippen molar-refractivity contribution in [1.29, 1.82) is 0 Å². The molecule has 0 saturated heterocycles. The molecule has 0 fully saturated rings. The monoisotopic (exact) mass is 557 g/mol. The van der Waals surface area contributed by atoms with Crippen molar-refractivity contribution >= 4 is 15.6 Å². The van der Waals surface area contributed by atoms with E-state index >= 15 is 0 Å². The van der Waals surface area contributed by atoms with E-state index in [0.717, 1.165) is 12.8 Å². The second kappa shape index (κ2) is 29.8. The van der Waals surface area contributed by atoms with Gasteiger partial charge in [-0.15, -0.1) is 0 Å². The second-order valence-corrected chi connectivity index (χ2v) is 15.9. The van der Waals surface area contributed by atoms with Crippen LogP contribution in [0.25, 0.3) is 0 Å². The van der Waals surface area contributed by atoms with E-state index in [-0.39, 0.29) is 5.25 Å². The third-order valence-corrected chi connectivity index (χ3v) is 11.2. The molecule has 0 aliphatic rings. The SMILES string of the molecule is CCCCCCCCCCCCCCCCCCCCCCCCCCCCCCCC(C)[SH](C)(=O)C=O. The highest BCUT2D eigenvalue weighted by molar-refractivity contribution is 8.14. The van der Waals surface area contributed by atoms with E-state index < -0.39 is 9.93 Å². The Morgan fingerprint density at radius 3 is 0.868 bits per heavy atom. The van der Waals surface area contributed by atoms with Crippen LogP contribution in [-0.4, -0.2) is 21.3 Å². The van der Waals surface area contributed by atoms with E-state index in [1.165, 1.54) is 180 Å². The molecule has 1 atom stereocenters. The summed E-state index contributed by atoms with van der Waals surface area (Å²) in [7, 11) is -2.55. The van der Waals surface area contributed by atoms with Gasteiger partial charge in [0.1, 0.15) is 0 Å². The molecular weight excluding hydrogens is 484 g/mol. The Labute approximate surface area is 242 Å². The van der Waals surface area contributed by atoms with Crippen molar-refractivity contribution < 1.29 is 9.00 Å². The molecule has 0 radical (unpaired) electrons. The molecule has 0 saturated carbocycles. The quantitative estimate of drug-likeness (QED) is 0.0508. The number of thiol groups is 1. The van der Waals surface area contributed by atoms with E-state index in [9.17, 15) is 9.00 Å². The van der Waals surface area contributed by atoms with Gasteiger partial charge in [-0.05, 0) is 12.7 Å². The molecule has 0 aromatic carbocycles. The molecule has 38 heavy (non-hydrogen) atoms. The van der Waals surface area contributed by atoms with Gasteiger partial charge >= 0.3 is 0 Å². The fraction of sp³-hybridized carbons (Fsp3) is 0.971. The van der Waals surface area contributed by atoms with Crippen LogP contribution in [-0.2, 0) is 14.7 Å². The van der Waals surface area contributed by atoms with Gasteiger partial charge in [-0.25, -0.2) is 0 Å². The van der Waals surface area contributed by atoms with Gasteiger partial charge in [-0.1, -0.05) is 210 Å². The lowest BCUT2D eigenvalue weighted by Crippen LogP contribution is -2.25. The Morgan fingerprint density at radius 1 is 0.447 bits per heavy atom. The van der Waals surface area contributed by atoms with E-state index in [4.69, 9.17) is 0 Å². The van der Waals surface area contributed by atoms with Crippen LogP contribution in [0.5, 0.6) is 0 Å². The highest BCUT2D eigenvalue weighted by atomic mass is 32.2. The molecule has 1 unspecified atom stereocenters. The molecule has 230 valence electrons. The normalized spacial score (nSPS) is 13.1. The molecule has 2 nitrogen and oxygen atoms in total. The van der Waals surface area contributed by atoms with Gasteiger partial charge in [0.25, 0.3) is 0 Å². The third kappa shape index (κ3) is 27.4. The summed E-state index contributed by atoms with van der Waals surface area (Å²) < 4.78 is 12.0. The Kier molecular flexibility index (Phi) is 29.7. The Balaban J connectivity index is 3.12. The topological polar surface area (TPSA) is 34.1 Å². The molecule has 0 bridgehead atoms. The van der Waals surface area contributed by atoms with Crippen LogP contribution >= 0.6 is 0 Å². The molecule has 0 spiro atoms. The molecule has 3 heteroatoms. The minimum absolute atomic E-state index is 0.0638. The van der Waals surface area contributed by atoms with Crippen LogP contribution in [0.2, 0.25) is 0 Å². The lowest BCUT2D eigenvalue weighted by molar-refractivity contribution is 0.512. The molecule has 0 N–H and O–H groups in total. The number of carbonyl (C=O) groups excluding carboxylic acids is 1. The van der Waals surface area contributed by atoms with Crippen LogP contribution in [0.15, 0.2) is 0 Å². The van der Waals surface area contributed by atoms with Gasteiger partial charge in [0.05, 0.1) is 0 Å². The van der Waals surface area contributed by atoms with Gasteiger partial charge < -0.3 is 0 Å². The second-order valence-electron chi connectivity index (χ2n) is 12.7. The van der Waals surface area contributed by atoms with Gasteiger partial charge in [0.2, 0.25) is 0 Å². The molecule has 0 aromatic heterocycles. The van der Waals surface area contributed by atoms with E-state index in [2.05, 4.69) is 6.92 Å². The highest BCUT2D eigenvalue weighted by Gasteiger charge is 2.16. The summed E-state index contributed by atoms with van der Waals surface area (Å²) in [5.74, 6) is 0. The van der Waals surface area contributed by atoms with Crippen molar-refractivity contribution in [2.45, 2.75) is 212 Å². The predicted molar refractivity (Wildman–Crippen MR) is 176 cm³/mol. The molecular formula is C35H72O2S. The largest absolute Gasteiger partial charge is 0.290 e. The van der Waals surface area contributed by atoms with Crippen molar-refractivity contribution in [3.63, 3.8) is 0 Å². The number of rotatable bonds is 32. The first kappa shape index (κ1) is 37.8. The zero-order valence-electron chi connectivity index (χ0n) is 26.6. The van der Waals surface area contributed by atoms with Gasteiger partial charge in [-0.3, -0.25) is 9.00 Å². The average molecular weight is 557 g/mol. The number of hydrogen-bond acceptors (Lipinski definition) is 2. The first-order valence-electron chi connectivity index (χ1n) is 17.6. The highest BCUT2D eigenvalue weighted by Crippen LogP contribution is 2.18. The first-order valence-corrected chi connectivity index (χ1v) is 19.9. The Morgan fingerprint density at radius 2 is 0.658 bits per heavy atom. The minimum Gasteiger partial charge on any atom is -0.290 e. The summed E-state index contributed by atoms with van der Waals surface area (Å²) in [4.78, 5) is 10.9. The first-order chi connectivity index (χ1) is 18.5. The maximum absolute atomic E-state index is 12.0. The Hall–Kier alpha value is -0.180. The summed E-state index contributed by atoms with van der Waals surface area (Å²) in [5, 5.41) is 0.0638. The van der Waals surface area contributed by atoms with Crippen molar-refractivity contribution in [1.82, 2.24) is 0 Å². The van der Waals surface area contributed by atoms with Crippen molar-refractivity contribution in [2.24, 2.45) is 0 Å². The maximum Gasteiger partial charge on any atom is 0.183 e. The fourth-order valence-electron chi connectivity index (χ4n) is 5.65.